The van der Waals surface area contributed by atoms with Gasteiger partial charge in [0.15, 0.2) is 0 Å². The Morgan fingerprint density at radius 1 is 1.48 bits per heavy atom. The number of nitrogens with two attached hydrogens (primary N) is 1. The predicted molar refractivity (Wildman–Crippen MR) is 83.2 cm³/mol. The van der Waals surface area contributed by atoms with Gasteiger partial charge in [0.1, 0.15) is 5.75 Å². The maximum absolute atomic E-state index is 12.8. The maximum atomic E-state index is 12.8. The highest BCUT2D eigenvalue weighted by atomic mass is 35.5. The zero-order chi connectivity index (χ0) is 17.2. The molecule has 0 amide bonds. The van der Waals surface area contributed by atoms with Crippen molar-refractivity contribution in [3.05, 3.63) is 23.2 Å². The molecule has 1 heterocycles. The van der Waals surface area contributed by atoms with Gasteiger partial charge in [-0.05, 0) is 37.0 Å². The van der Waals surface area contributed by atoms with E-state index in [1.54, 1.807) is 0 Å². The summed E-state index contributed by atoms with van der Waals surface area (Å²) in [5, 5.41) is -0.180. The van der Waals surface area contributed by atoms with Crippen molar-refractivity contribution in [3.8, 4) is 5.75 Å². The predicted octanol–water partition coefficient (Wildman–Crippen LogP) is 2.69. The molecule has 0 bridgehead atoms. The van der Waals surface area contributed by atoms with Gasteiger partial charge in [-0.15, -0.1) is 0 Å². The smallest absolute Gasteiger partial charge is 0.387 e. The van der Waals surface area contributed by atoms with Crippen LogP contribution in [0.5, 0.6) is 5.75 Å². The molecule has 1 aliphatic heterocycles. The molecule has 0 aromatic heterocycles. The van der Waals surface area contributed by atoms with E-state index < -0.39 is 16.6 Å². The molecule has 23 heavy (non-hydrogen) atoms. The zero-order valence-corrected chi connectivity index (χ0v) is 14.2. The first-order valence-corrected chi connectivity index (χ1v) is 9.05. The molecular weight excluding hydrogens is 350 g/mol. The number of ether oxygens (including phenoxy) is 1. The van der Waals surface area contributed by atoms with Gasteiger partial charge in [-0.25, -0.2) is 8.42 Å². The van der Waals surface area contributed by atoms with Crippen LogP contribution >= 0.6 is 11.6 Å². The first-order chi connectivity index (χ1) is 10.8. The Balaban J connectivity index is 2.33. The Bertz CT molecular complexity index is 657. The van der Waals surface area contributed by atoms with Crippen LogP contribution in [-0.2, 0) is 10.0 Å². The number of alkyl halides is 2. The fourth-order valence-electron chi connectivity index (χ4n) is 2.83. The number of hydrogen-bond acceptors (Lipinski definition) is 4. The van der Waals surface area contributed by atoms with Crippen LogP contribution < -0.4 is 10.5 Å². The lowest BCUT2D eigenvalue weighted by Gasteiger charge is -2.38. The second-order valence-corrected chi connectivity index (χ2v) is 7.81. The molecule has 0 spiro atoms. The molecule has 5 nitrogen and oxygen atoms in total. The van der Waals surface area contributed by atoms with Crippen LogP contribution in [-0.4, -0.2) is 38.5 Å². The van der Waals surface area contributed by atoms with Crippen LogP contribution in [0, 0.1) is 5.92 Å². The van der Waals surface area contributed by atoms with Crippen molar-refractivity contribution in [1.82, 2.24) is 4.31 Å². The Hall–Kier alpha value is -0.960. The number of sulfonamides is 1. The van der Waals surface area contributed by atoms with E-state index in [1.165, 1.54) is 10.4 Å². The van der Waals surface area contributed by atoms with Crippen molar-refractivity contribution >= 4 is 21.6 Å². The average molecular weight is 369 g/mol. The summed E-state index contributed by atoms with van der Waals surface area (Å²) in [7, 11) is -3.80. The standard InChI is InChI=1S/C14H19ClF2N2O3S/c1-9-3-2-6-19(12(9)8-18)23(20,21)10-4-5-13(11(15)7-10)22-14(16)17/h4-5,7,9,12,14H,2-3,6,8,18H2,1H3. The zero-order valence-electron chi connectivity index (χ0n) is 12.6. The second-order valence-electron chi connectivity index (χ2n) is 5.51. The minimum absolute atomic E-state index is 0.0586. The summed E-state index contributed by atoms with van der Waals surface area (Å²) in [6.07, 6.45) is 1.66. The van der Waals surface area contributed by atoms with E-state index in [4.69, 9.17) is 17.3 Å². The highest BCUT2D eigenvalue weighted by Crippen LogP contribution is 2.33. The number of halogens is 3. The molecule has 1 aromatic carbocycles. The van der Waals surface area contributed by atoms with Gasteiger partial charge < -0.3 is 10.5 Å². The van der Waals surface area contributed by atoms with E-state index in [0.29, 0.717) is 6.54 Å². The third kappa shape index (κ3) is 3.93. The Morgan fingerprint density at radius 2 is 2.17 bits per heavy atom. The summed E-state index contributed by atoms with van der Waals surface area (Å²) < 4.78 is 55.7. The van der Waals surface area contributed by atoms with Crippen molar-refractivity contribution in [3.63, 3.8) is 0 Å². The topological polar surface area (TPSA) is 72.6 Å². The van der Waals surface area contributed by atoms with E-state index >= 15 is 0 Å². The van der Waals surface area contributed by atoms with E-state index in [2.05, 4.69) is 4.74 Å². The van der Waals surface area contributed by atoms with Gasteiger partial charge in [-0.3, -0.25) is 0 Å². The van der Waals surface area contributed by atoms with E-state index in [1.807, 2.05) is 6.92 Å². The lowest BCUT2D eigenvalue weighted by atomic mass is 9.93. The van der Waals surface area contributed by atoms with Crippen molar-refractivity contribution < 1.29 is 21.9 Å². The molecule has 9 heteroatoms. The molecule has 2 atom stereocenters. The monoisotopic (exact) mass is 368 g/mol. The largest absolute Gasteiger partial charge is 0.433 e. The van der Waals surface area contributed by atoms with Gasteiger partial charge in [-0.2, -0.15) is 13.1 Å². The molecule has 1 fully saturated rings. The third-order valence-corrected chi connectivity index (χ3v) is 6.25. The number of piperidine rings is 1. The molecule has 0 saturated carbocycles. The number of rotatable bonds is 5. The maximum Gasteiger partial charge on any atom is 0.387 e. The molecule has 1 aromatic rings. The van der Waals surface area contributed by atoms with Gasteiger partial charge in [0.25, 0.3) is 0 Å². The summed E-state index contributed by atoms with van der Waals surface area (Å²) in [6, 6.07) is 3.18. The van der Waals surface area contributed by atoms with Crippen LogP contribution in [0.1, 0.15) is 19.8 Å². The van der Waals surface area contributed by atoms with Gasteiger partial charge >= 0.3 is 6.61 Å². The van der Waals surface area contributed by atoms with Crippen LogP contribution in [0.25, 0.3) is 0 Å². The van der Waals surface area contributed by atoms with Crippen molar-refractivity contribution in [2.24, 2.45) is 11.7 Å². The summed E-state index contributed by atoms with van der Waals surface area (Å²) >= 11 is 5.85. The van der Waals surface area contributed by atoms with Crippen molar-refractivity contribution in [1.29, 1.82) is 0 Å². The van der Waals surface area contributed by atoms with Crippen molar-refractivity contribution in [2.45, 2.75) is 37.3 Å². The molecule has 2 N–H and O–H groups in total. The van der Waals surface area contributed by atoms with E-state index in [0.717, 1.165) is 25.0 Å². The molecular formula is C14H19ClF2N2O3S. The van der Waals surface area contributed by atoms with Gasteiger partial charge in [0.05, 0.1) is 9.92 Å². The second kappa shape index (κ2) is 7.29. The molecule has 130 valence electrons. The lowest BCUT2D eigenvalue weighted by Crippen LogP contribution is -2.51. The lowest BCUT2D eigenvalue weighted by molar-refractivity contribution is -0.0498. The minimum atomic E-state index is -3.80. The Labute approximate surface area is 139 Å². The number of nitrogens with zero attached hydrogens (tertiary/aromatic N) is 1. The Morgan fingerprint density at radius 3 is 2.74 bits per heavy atom. The summed E-state index contributed by atoms with van der Waals surface area (Å²) in [4.78, 5) is -0.0586. The molecule has 2 rings (SSSR count). The molecule has 2 unspecified atom stereocenters. The number of hydrogen-bond donors (Lipinski definition) is 1. The SMILES string of the molecule is CC1CCCN(S(=O)(=O)c2ccc(OC(F)F)c(Cl)c2)C1CN. The van der Waals surface area contributed by atoms with Gasteiger partial charge in [-0.1, -0.05) is 18.5 Å². The average Bonchev–Trinajstić information content (AvgIpc) is 2.48. The van der Waals surface area contributed by atoms with E-state index in [9.17, 15) is 17.2 Å². The van der Waals surface area contributed by atoms with Crippen LogP contribution in [0.4, 0.5) is 8.78 Å². The normalized spacial score (nSPS) is 23.2. The van der Waals surface area contributed by atoms with Crippen molar-refractivity contribution in [2.75, 3.05) is 13.1 Å². The van der Waals surface area contributed by atoms with E-state index in [-0.39, 0.29) is 34.2 Å². The molecule has 0 aliphatic carbocycles. The first-order valence-electron chi connectivity index (χ1n) is 7.23. The third-order valence-electron chi connectivity index (χ3n) is 4.03. The minimum Gasteiger partial charge on any atom is -0.433 e. The highest BCUT2D eigenvalue weighted by Gasteiger charge is 2.36. The fraction of sp³-hybridized carbons (Fsp3) is 0.571. The summed E-state index contributed by atoms with van der Waals surface area (Å²) in [5.41, 5.74) is 5.73. The molecule has 1 aliphatic rings. The number of benzene rings is 1. The first kappa shape index (κ1) is 18.4. The fourth-order valence-corrected chi connectivity index (χ4v) is 4.92. The molecule has 1 saturated heterocycles. The summed E-state index contributed by atoms with van der Waals surface area (Å²) in [5.74, 6) is -0.108. The van der Waals surface area contributed by atoms with Crippen LogP contribution in [0.3, 0.4) is 0 Å². The summed E-state index contributed by atoms with van der Waals surface area (Å²) in [6.45, 7) is -0.465. The highest BCUT2D eigenvalue weighted by molar-refractivity contribution is 7.89. The van der Waals surface area contributed by atoms with Crippen LogP contribution in [0.2, 0.25) is 5.02 Å². The van der Waals surface area contributed by atoms with Gasteiger partial charge in [0, 0.05) is 19.1 Å². The Kier molecular flexibility index (Phi) is 5.83. The van der Waals surface area contributed by atoms with Gasteiger partial charge in [0.2, 0.25) is 10.0 Å². The molecule has 0 radical (unpaired) electrons. The quantitative estimate of drug-likeness (QED) is 0.867. The van der Waals surface area contributed by atoms with Crippen LogP contribution in [0.15, 0.2) is 23.1 Å².